The Morgan fingerprint density at radius 1 is 1.13 bits per heavy atom. The molecule has 0 aliphatic rings. The smallest absolute Gasteiger partial charge is 0.206 e. The Bertz CT molecular complexity index is 933. The second-order valence-corrected chi connectivity index (χ2v) is 6.21. The number of rotatable bonds is 4. The lowest BCUT2D eigenvalue weighted by Crippen LogP contribution is -2.04. The Labute approximate surface area is 137 Å². The van der Waals surface area contributed by atoms with Crippen LogP contribution in [0.1, 0.15) is 18.7 Å². The van der Waals surface area contributed by atoms with Crippen LogP contribution in [0.4, 0.5) is 5.13 Å². The van der Waals surface area contributed by atoms with Crippen molar-refractivity contribution in [1.29, 1.82) is 0 Å². The van der Waals surface area contributed by atoms with Crippen molar-refractivity contribution in [3.05, 3.63) is 60.8 Å². The first-order valence-corrected chi connectivity index (χ1v) is 8.09. The summed E-state index contributed by atoms with van der Waals surface area (Å²) in [6, 6.07) is 12.1. The summed E-state index contributed by atoms with van der Waals surface area (Å²) in [6.45, 7) is 2.03. The predicted octanol–water partition coefficient (Wildman–Crippen LogP) is 4.52. The Morgan fingerprint density at radius 2 is 2.09 bits per heavy atom. The molecular formula is C17H14N4OS. The van der Waals surface area contributed by atoms with Gasteiger partial charge in [-0.05, 0) is 36.6 Å². The first-order chi connectivity index (χ1) is 11.3. The van der Waals surface area contributed by atoms with Crippen molar-refractivity contribution in [2.45, 2.75) is 13.0 Å². The highest BCUT2D eigenvalue weighted by molar-refractivity contribution is 7.18. The third kappa shape index (κ3) is 2.80. The third-order valence-electron chi connectivity index (χ3n) is 3.62. The van der Waals surface area contributed by atoms with Gasteiger partial charge in [-0.25, -0.2) is 0 Å². The molecule has 1 unspecified atom stereocenters. The number of fused-ring (bicyclic) bond motifs is 1. The van der Waals surface area contributed by atoms with E-state index >= 15 is 0 Å². The van der Waals surface area contributed by atoms with Crippen LogP contribution < -0.4 is 5.32 Å². The highest BCUT2D eigenvalue weighted by atomic mass is 32.1. The molecule has 0 saturated carbocycles. The van der Waals surface area contributed by atoms with Crippen molar-refractivity contribution >= 4 is 27.2 Å². The van der Waals surface area contributed by atoms with Crippen LogP contribution in [0.15, 0.2) is 59.5 Å². The molecule has 0 saturated heterocycles. The van der Waals surface area contributed by atoms with E-state index in [4.69, 9.17) is 4.42 Å². The molecule has 0 radical (unpaired) electrons. The molecule has 1 N–H and O–H groups in total. The molecule has 0 bridgehead atoms. The Kier molecular flexibility index (Phi) is 3.51. The summed E-state index contributed by atoms with van der Waals surface area (Å²) in [5.41, 5.74) is 1.06. The van der Waals surface area contributed by atoms with E-state index in [0.717, 1.165) is 32.2 Å². The number of pyridine rings is 1. The average molecular weight is 322 g/mol. The molecule has 3 aromatic heterocycles. The third-order valence-corrected chi connectivity index (χ3v) is 4.53. The van der Waals surface area contributed by atoms with E-state index in [1.54, 1.807) is 12.5 Å². The van der Waals surface area contributed by atoms with Crippen molar-refractivity contribution in [1.82, 2.24) is 15.2 Å². The van der Waals surface area contributed by atoms with Crippen molar-refractivity contribution in [2.24, 2.45) is 0 Å². The van der Waals surface area contributed by atoms with Crippen LogP contribution in [0, 0.1) is 0 Å². The van der Waals surface area contributed by atoms with Gasteiger partial charge in [0.15, 0.2) is 0 Å². The SMILES string of the molecule is CC(Nc1nnc(-c2ccc3cnccc3c2)s1)c1ccco1. The Hall–Kier alpha value is -2.73. The van der Waals surface area contributed by atoms with Gasteiger partial charge in [0.25, 0.3) is 0 Å². The van der Waals surface area contributed by atoms with Crippen molar-refractivity contribution < 1.29 is 4.42 Å². The van der Waals surface area contributed by atoms with Crippen LogP contribution in [0.5, 0.6) is 0 Å². The summed E-state index contributed by atoms with van der Waals surface area (Å²) in [4.78, 5) is 4.13. The molecule has 4 rings (SSSR count). The second-order valence-electron chi connectivity index (χ2n) is 5.23. The van der Waals surface area contributed by atoms with Crippen LogP contribution in [0.2, 0.25) is 0 Å². The summed E-state index contributed by atoms with van der Waals surface area (Å²) >= 11 is 1.53. The van der Waals surface area contributed by atoms with E-state index < -0.39 is 0 Å². The van der Waals surface area contributed by atoms with Gasteiger partial charge in [-0.1, -0.05) is 23.5 Å². The maximum absolute atomic E-state index is 5.40. The molecule has 0 amide bonds. The number of hydrogen-bond acceptors (Lipinski definition) is 6. The highest BCUT2D eigenvalue weighted by Crippen LogP contribution is 2.30. The van der Waals surface area contributed by atoms with E-state index in [1.165, 1.54) is 11.3 Å². The average Bonchev–Trinajstić information content (AvgIpc) is 3.26. The predicted molar refractivity (Wildman–Crippen MR) is 91.4 cm³/mol. The zero-order valence-electron chi connectivity index (χ0n) is 12.4. The summed E-state index contributed by atoms with van der Waals surface area (Å²) in [7, 11) is 0. The van der Waals surface area contributed by atoms with Gasteiger partial charge in [0.1, 0.15) is 10.8 Å². The summed E-state index contributed by atoms with van der Waals surface area (Å²) in [5, 5.41) is 15.8. The van der Waals surface area contributed by atoms with Crippen molar-refractivity contribution in [2.75, 3.05) is 5.32 Å². The zero-order chi connectivity index (χ0) is 15.6. The van der Waals surface area contributed by atoms with E-state index in [2.05, 4.69) is 32.6 Å². The summed E-state index contributed by atoms with van der Waals surface area (Å²) in [6.07, 6.45) is 5.32. The first kappa shape index (κ1) is 13.9. The monoisotopic (exact) mass is 322 g/mol. The minimum Gasteiger partial charge on any atom is -0.467 e. The van der Waals surface area contributed by atoms with E-state index in [1.807, 2.05) is 37.4 Å². The lowest BCUT2D eigenvalue weighted by atomic mass is 10.1. The van der Waals surface area contributed by atoms with Gasteiger partial charge in [0.05, 0.1) is 12.3 Å². The summed E-state index contributed by atoms with van der Waals surface area (Å²) < 4.78 is 5.40. The van der Waals surface area contributed by atoms with Crippen LogP contribution in [0.3, 0.4) is 0 Å². The Balaban J connectivity index is 1.59. The number of hydrogen-bond donors (Lipinski definition) is 1. The van der Waals surface area contributed by atoms with Gasteiger partial charge in [-0.15, -0.1) is 10.2 Å². The normalized spacial score (nSPS) is 12.4. The van der Waals surface area contributed by atoms with Gasteiger partial charge < -0.3 is 9.73 Å². The largest absolute Gasteiger partial charge is 0.467 e. The highest BCUT2D eigenvalue weighted by Gasteiger charge is 2.12. The number of furan rings is 1. The van der Waals surface area contributed by atoms with Crippen LogP contribution in [-0.4, -0.2) is 15.2 Å². The molecule has 0 spiro atoms. The molecule has 5 nitrogen and oxygen atoms in total. The lowest BCUT2D eigenvalue weighted by molar-refractivity contribution is 0.490. The van der Waals surface area contributed by atoms with Gasteiger partial charge in [0, 0.05) is 23.3 Å². The van der Waals surface area contributed by atoms with Gasteiger partial charge >= 0.3 is 0 Å². The number of anilines is 1. The maximum atomic E-state index is 5.40. The molecular weight excluding hydrogens is 308 g/mol. The second kappa shape index (κ2) is 5.81. The van der Waals surface area contributed by atoms with E-state index in [-0.39, 0.29) is 6.04 Å². The van der Waals surface area contributed by atoms with Gasteiger partial charge in [-0.2, -0.15) is 0 Å². The number of nitrogens with zero attached hydrogens (tertiary/aromatic N) is 3. The molecule has 0 aliphatic carbocycles. The topological polar surface area (TPSA) is 63.8 Å². The molecule has 23 heavy (non-hydrogen) atoms. The first-order valence-electron chi connectivity index (χ1n) is 7.27. The standard InChI is InChI=1S/C17H14N4OS/c1-11(15-3-2-8-22-15)19-17-21-20-16(23-17)13-4-5-14-10-18-7-6-12(14)9-13/h2-11H,1H3,(H,19,21). The van der Waals surface area contributed by atoms with Crippen molar-refractivity contribution in [3.63, 3.8) is 0 Å². The zero-order valence-corrected chi connectivity index (χ0v) is 13.2. The number of aromatic nitrogens is 3. The lowest BCUT2D eigenvalue weighted by Gasteiger charge is -2.08. The molecule has 114 valence electrons. The van der Waals surface area contributed by atoms with E-state index in [9.17, 15) is 0 Å². The molecule has 4 aromatic rings. The van der Waals surface area contributed by atoms with Crippen LogP contribution in [-0.2, 0) is 0 Å². The maximum Gasteiger partial charge on any atom is 0.206 e. The quantitative estimate of drug-likeness (QED) is 0.598. The van der Waals surface area contributed by atoms with E-state index in [0.29, 0.717) is 0 Å². The Morgan fingerprint density at radius 3 is 2.96 bits per heavy atom. The molecule has 6 heteroatoms. The van der Waals surface area contributed by atoms with Crippen LogP contribution in [0.25, 0.3) is 21.3 Å². The van der Waals surface area contributed by atoms with Crippen LogP contribution >= 0.6 is 11.3 Å². The molecule has 1 aromatic carbocycles. The van der Waals surface area contributed by atoms with Gasteiger partial charge in [-0.3, -0.25) is 4.98 Å². The minimum absolute atomic E-state index is 0.0495. The molecule has 3 heterocycles. The molecule has 1 atom stereocenters. The summed E-state index contributed by atoms with van der Waals surface area (Å²) in [5.74, 6) is 0.875. The number of nitrogens with one attached hydrogen (secondary N) is 1. The van der Waals surface area contributed by atoms with Crippen molar-refractivity contribution in [3.8, 4) is 10.6 Å². The number of benzene rings is 1. The molecule has 0 fully saturated rings. The molecule has 0 aliphatic heterocycles. The fourth-order valence-corrected chi connectivity index (χ4v) is 3.24. The minimum atomic E-state index is 0.0495. The fourth-order valence-electron chi connectivity index (χ4n) is 2.41. The van der Waals surface area contributed by atoms with Gasteiger partial charge in [0.2, 0.25) is 5.13 Å². The fraction of sp³-hybridized carbons (Fsp3) is 0.118.